The van der Waals surface area contributed by atoms with E-state index in [1.807, 2.05) is 6.92 Å². The Morgan fingerprint density at radius 2 is 2.03 bits per heavy atom. The van der Waals surface area contributed by atoms with Gasteiger partial charge < -0.3 is 25.0 Å². The summed E-state index contributed by atoms with van der Waals surface area (Å²) < 4.78 is 40.8. The number of pyridine rings is 1. The fourth-order valence-electron chi connectivity index (χ4n) is 4.81. The first-order valence-electron chi connectivity index (χ1n) is 12.7. The molecule has 0 bridgehead atoms. The quantitative estimate of drug-likeness (QED) is 0.448. The molecule has 39 heavy (non-hydrogen) atoms. The normalized spacial score (nSPS) is 16.0. The number of hydrogen-bond acceptors (Lipinski definition) is 7. The molecule has 1 fully saturated rings. The van der Waals surface area contributed by atoms with E-state index in [0.717, 1.165) is 24.6 Å². The summed E-state index contributed by atoms with van der Waals surface area (Å²) in [7, 11) is 3.58. The van der Waals surface area contributed by atoms with Crippen LogP contribution >= 0.6 is 11.6 Å². The molecule has 13 heteroatoms. The van der Waals surface area contributed by atoms with Crippen molar-refractivity contribution in [2.24, 2.45) is 0 Å². The standard InChI is InChI=1S/C26H31ClF3N7O2/c1-5-16-12-31-9-10-36(16)23-19(6-2)37(25-22(24(23)39)34-20(13-32-25)35(3)4)14-21(38)33-18-8-7-15(11-17(18)27)26(28,29)30/h7-8,11,13,16,31H,5-6,9-10,12,14H2,1-4H3,(H,33,38). The zero-order valence-electron chi connectivity index (χ0n) is 22.2. The summed E-state index contributed by atoms with van der Waals surface area (Å²) in [5, 5.41) is 5.73. The van der Waals surface area contributed by atoms with Crippen LogP contribution in [-0.4, -0.2) is 60.2 Å². The first-order valence-corrected chi connectivity index (χ1v) is 13.1. The Hall–Kier alpha value is -3.38. The molecule has 0 radical (unpaired) electrons. The number of carbonyl (C=O) groups excluding carboxylic acids is 1. The number of aromatic nitrogens is 3. The molecule has 1 aliphatic heterocycles. The first kappa shape index (κ1) is 28.6. The molecule has 0 aliphatic carbocycles. The van der Waals surface area contributed by atoms with Crippen LogP contribution in [0.25, 0.3) is 11.2 Å². The highest BCUT2D eigenvalue weighted by atomic mass is 35.5. The molecular formula is C26H31ClF3N7O2. The van der Waals surface area contributed by atoms with Gasteiger partial charge in [-0.1, -0.05) is 25.4 Å². The van der Waals surface area contributed by atoms with E-state index in [2.05, 4.69) is 32.4 Å². The minimum absolute atomic E-state index is 0.0485. The van der Waals surface area contributed by atoms with Crippen LogP contribution in [0.15, 0.2) is 29.2 Å². The number of anilines is 3. The van der Waals surface area contributed by atoms with E-state index in [1.165, 1.54) is 6.20 Å². The highest BCUT2D eigenvalue weighted by Crippen LogP contribution is 2.34. The van der Waals surface area contributed by atoms with E-state index in [-0.39, 0.29) is 39.9 Å². The lowest BCUT2D eigenvalue weighted by Crippen LogP contribution is -2.53. The molecule has 1 unspecified atom stereocenters. The zero-order chi connectivity index (χ0) is 28.5. The molecule has 4 rings (SSSR count). The second-order valence-corrected chi connectivity index (χ2v) is 9.97. The van der Waals surface area contributed by atoms with Crippen molar-refractivity contribution >= 4 is 45.9 Å². The van der Waals surface area contributed by atoms with Gasteiger partial charge in [-0.2, -0.15) is 13.2 Å². The lowest BCUT2D eigenvalue weighted by Gasteiger charge is -2.38. The maximum absolute atomic E-state index is 13.9. The number of rotatable bonds is 7. The summed E-state index contributed by atoms with van der Waals surface area (Å²) in [6.07, 6.45) is -1.78. The van der Waals surface area contributed by atoms with E-state index in [9.17, 15) is 22.8 Å². The molecule has 0 spiro atoms. The van der Waals surface area contributed by atoms with Gasteiger partial charge in [0.1, 0.15) is 18.1 Å². The topological polar surface area (TPSA) is 95.4 Å². The Morgan fingerprint density at radius 1 is 1.28 bits per heavy atom. The van der Waals surface area contributed by atoms with Gasteiger partial charge in [-0.15, -0.1) is 0 Å². The summed E-state index contributed by atoms with van der Waals surface area (Å²) in [6.45, 7) is 5.74. The predicted octanol–water partition coefficient (Wildman–Crippen LogP) is 3.92. The molecule has 2 aromatic heterocycles. The van der Waals surface area contributed by atoms with Gasteiger partial charge in [-0.05, 0) is 31.0 Å². The van der Waals surface area contributed by atoms with Crippen molar-refractivity contribution in [1.82, 2.24) is 19.9 Å². The average molecular weight is 566 g/mol. The third-order valence-corrected chi connectivity index (χ3v) is 7.11. The molecule has 0 saturated carbocycles. The molecule has 3 heterocycles. The maximum Gasteiger partial charge on any atom is 0.416 e. The van der Waals surface area contributed by atoms with Crippen LogP contribution < -0.4 is 25.9 Å². The fourth-order valence-corrected chi connectivity index (χ4v) is 5.04. The van der Waals surface area contributed by atoms with Crippen LogP contribution in [0.3, 0.4) is 0 Å². The van der Waals surface area contributed by atoms with Gasteiger partial charge in [0.05, 0.1) is 22.5 Å². The van der Waals surface area contributed by atoms with E-state index >= 15 is 0 Å². The highest BCUT2D eigenvalue weighted by Gasteiger charge is 2.32. The third kappa shape index (κ3) is 5.81. The fraction of sp³-hybridized carbons (Fsp3) is 0.462. The minimum atomic E-state index is -4.56. The SMILES string of the molecule is CCc1c(N2CCNCC2CC)c(=O)c2nc(N(C)C)cnc2n1CC(=O)Nc1ccc(C(F)(F)F)cc1Cl. The number of nitrogens with one attached hydrogen (secondary N) is 2. The summed E-state index contributed by atoms with van der Waals surface area (Å²) in [5.41, 5.74) is 0.402. The first-order chi connectivity index (χ1) is 18.5. The Morgan fingerprint density at radius 3 is 2.64 bits per heavy atom. The summed E-state index contributed by atoms with van der Waals surface area (Å²) in [4.78, 5) is 40.1. The van der Waals surface area contributed by atoms with Crippen molar-refractivity contribution in [3.8, 4) is 0 Å². The van der Waals surface area contributed by atoms with Gasteiger partial charge in [0.25, 0.3) is 0 Å². The van der Waals surface area contributed by atoms with E-state index < -0.39 is 17.6 Å². The number of amides is 1. The molecule has 210 valence electrons. The highest BCUT2D eigenvalue weighted by molar-refractivity contribution is 6.33. The number of benzene rings is 1. The number of carbonyl (C=O) groups is 1. The maximum atomic E-state index is 13.9. The van der Waals surface area contributed by atoms with Gasteiger partial charge in [0.2, 0.25) is 11.3 Å². The molecular weight excluding hydrogens is 535 g/mol. The predicted molar refractivity (Wildman–Crippen MR) is 147 cm³/mol. The number of hydrogen-bond donors (Lipinski definition) is 2. The third-order valence-electron chi connectivity index (χ3n) is 6.80. The van der Waals surface area contributed by atoms with Crippen LogP contribution in [0.4, 0.5) is 30.4 Å². The molecule has 1 saturated heterocycles. The summed E-state index contributed by atoms with van der Waals surface area (Å²) in [5.74, 6) is -0.0391. The second kappa shape index (κ2) is 11.4. The average Bonchev–Trinajstić information content (AvgIpc) is 2.90. The molecule has 2 N–H and O–H groups in total. The zero-order valence-corrected chi connectivity index (χ0v) is 22.9. The number of piperazine rings is 1. The van der Waals surface area contributed by atoms with Crippen molar-refractivity contribution in [2.75, 3.05) is 48.8 Å². The van der Waals surface area contributed by atoms with Crippen molar-refractivity contribution in [3.05, 3.63) is 50.9 Å². The van der Waals surface area contributed by atoms with Crippen molar-refractivity contribution in [3.63, 3.8) is 0 Å². The van der Waals surface area contributed by atoms with Crippen molar-refractivity contribution in [1.29, 1.82) is 0 Å². The Kier molecular flexibility index (Phi) is 8.36. The Labute approximate surface area is 229 Å². The van der Waals surface area contributed by atoms with Crippen molar-refractivity contribution < 1.29 is 18.0 Å². The van der Waals surface area contributed by atoms with Crippen molar-refractivity contribution in [2.45, 2.75) is 45.5 Å². The van der Waals surface area contributed by atoms with E-state index in [4.69, 9.17) is 11.6 Å². The molecule has 9 nitrogen and oxygen atoms in total. The lowest BCUT2D eigenvalue weighted by atomic mass is 10.1. The number of fused-ring (bicyclic) bond motifs is 1. The lowest BCUT2D eigenvalue weighted by molar-refractivity contribution is -0.137. The van der Waals surface area contributed by atoms with Crippen LogP contribution in [0.1, 0.15) is 31.5 Å². The van der Waals surface area contributed by atoms with Crippen LogP contribution in [0.5, 0.6) is 0 Å². The second-order valence-electron chi connectivity index (χ2n) is 9.56. The van der Waals surface area contributed by atoms with Crippen LogP contribution in [-0.2, 0) is 23.9 Å². The monoisotopic (exact) mass is 565 g/mol. The molecule has 1 aromatic carbocycles. The van der Waals surface area contributed by atoms with Crippen LogP contribution in [0, 0.1) is 0 Å². The number of nitrogens with zero attached hydrogens (tertiary/aromatic N) is 5. The van der Waals surface area contributed by atoms with E-state index in [1.54, 1.807) is 23.6 Å². The Bertz CT molecular complexity index is 1440. The van der Waals surface area contributed by atoms with Gasteiger partial charge >= 0.3 is 6.18 Å². The smallest absolute Gasteiger partial charge is 0.361 e. The van der Waals surface area contributed by atoms with Gasteiger partial charge in [-0.3, -0.25) is 9.59 Å². The molecule has 1 amide bonds. The van der Waals surface area contributed by atoms with Gasteiger partial charge in [0.15, 0.2) is 11.2 Å². The largest absolute Gasteiger partial charge is 0.416 e. The van der Waals surface area contributed by atoms with E-state index in [0.29, 0.717) is 43.3 Å². The Balaban J connectivity index is 1.82. The van der Waals surface area contributed by atoms with Gasteiger partial charge in [-0.25, -0.2) is 9.97 Å². The summed E-state index contributed by atoms with van der Waals surface area (Å²) in [6, 6.07) is 2.82. The molecule has 1 aliphatic rings. The summed E-state index contributed by atoms with van der Waals surface area (Å²) >= 11 is 6.06. The number of halogens is 4. The number of alkyl halides is 3. The van der Waals surface area contributed by atoms with Crippen LogP contribution in [0.2, 0.25) is 5.02 Å². The van der Waals surface area contributed by atoms with Gasteiger partial charge in [0, 0.05) is 45.5 Å². The molecule has 1 atom stereocenters. The molecule has 3 aromatic rings. The minimum Gasteiger partial charge on any atom is -0.361 e.